The summed E-state index contributed by atoms with van der Waals surface area (Å²) >= 11 is 0. The first-order valence-corrected chi connectivity index (χ1v) is 8.99. The average molecular weight is 330 g/mol. The zero-order valence-corrected chi connectivity index (χ0v) is 13.7. The first-order chi connectivity index (χ1) is 10.4. The van der Waals surface area contributed by atoms with Gasteiger partial charge in [0.1, 0.15) is 5.75 Å². The van der Waals surface area contributed by atoms with Crippen molar-refractivity contribution in [3.8, 4) is 5.75 Å². The molecule has 0 atom stereocenters. The fourth-order valence-electron chi connectivity index (χ4n) is 2.39. The van der Waals surface area contributed by atoms with E-state index >= 15 is 0 Å². The van der Waals surface area contributed by atoms with E-state index in [-0.39, 0.29) is 6.61 Å². The number of hydrogen-bond acceptors (Lipinski definition) is 6. The number of rotatable bonds is 8. The second kappa shape index (κ2) is 7.41. The largest absolute Gasteiger partial charge is 0.497 e. The highest BCUT2D eigenvalue weighted by Gasteiger charge is 2.36. The van der Waals surface area contributed by atoms with Crippen LogP contribution in [0, 0.1) is 0 Å². The number of hydrogen-bond donors (Lipinski definition) is 0. The Hall–Kier alpha value is -1.15. The Balaban J connectivity index is 1.90. The molecule has 124 valence electrons. The van der Waals surface area contributed by atoms with E-state index < -0.39 is 15.9 Å². The summed E-state index contributed by atoms with van der Waals surface area (Å²) in [7, 11) is -1.81. The lowest BCUT2D eigenvalue weighted by molar-refractivity contribution is -0.170. The summed E-state index contributed by atoms with van der Waals surface area (Å²) in [5.74, 6) is 0.0540. The molecule has 0 N–H and O–H groups in total. The Morgan fingerprint density at radius 3 is 2.32 bits per heavy atom. The van der Waals surface area contributed by atoms with Gasteiger partial charge in [0.25, 0.3) is 10.1 Å². The molecule has 7 heteroatoms. The lowest BCUT2D eigenvalue weighted by Gasteiger charge is -2.27. The first kappa shape index (κ1) is 17.2. The number of methoxy groups -OCH3 is 1. The smallest absolute Gasteiger partial charge is 0.264 e. The van der Waals surface area contributed by atoms with Crippen molar-refractivity contribution in [3.63, 3.8) is 0 Å². The molecular formula is C15H22O6S. The summed E-state index contributed by atoms with van der Waals surface area (Å²) < 4.78 is 43.4. The van der Waals surface area contributed by atoms with Gasteiger partial charge in [0.2, 0.25) is 0 Å². The van der Waals surface area contributed by atoms with Crippen LogP contribution in [0.25, 0.3) is 0 Å². The summed E-state index contributed by atoms with van der Waals surface area (Å²) in [6.45, 7) is 1.09. The summed E-state index contributed by atoms with van der Waals surface area (Å²) in [4.78, 5) is 0. The van der Waals surface area contributed by atoms with Crippen molar-refractivity contribution in [3.05, 3.63) is 29.8 Å². The minimum absolute atomic E-state index is 0.0570. The summed E-state index contributed by atoms with van der Waals surface area (Å²) in [5, 5.41) is 0. The zero-order chi connectivity index (χ0) is 16.1. The van der Waals surface area contributed by atoms with Gasteiger partial charge in [0, 0.05) is 12.8 Å². The molecular weight excluding hydrogens is 308 g/mol. The standard InChI is InChI=1S/C15H22O6S/c1-18-14-5-3-13(4-6-14)7-8-15(19-11-12-20-15)9-10-21-22(2,16)17/h3-6H,7-12H2,1-2H3. The predicted octanol–water partition coefficient (Wildman–Crippen LogP) is 1.74. The Labute approximate surface area is 131 Å². The predicted molar refractivity (Wildman–Crippen MR) is 81.4 cm³/mol. The van der Waals surface area contributed by atoms with Gasteiger partial charge in [-0.15, -0.1) is 0 Å². The van der Waals surface area contributed by atoms with Gasteiger partial charge in [0.15, 0.2) is 5.79 Å². The molecule has 0 aliphatic carbocycles. The lowest BCUT2D eigenvalue weighted by Crippen LogP contribution is -2.32. The molecule has 0 saturated carbocycles. The van der Waals surface area contributed by atoms with Crippen molar-refractivity contribution < 1.29 is 26.8 Å². The van der Waals surface area contributed by atoms with Gasteiger partial charge in [0.05, 0.1) is 33.2 Å². The SMILES string of the molecule is COc1ccc(CCC2(CCOS(C)(=O)=O)OCCO2)cc1. The molecule has 6 nitrogen and oxygen atoms in total. The molecule has 22 heavy (non-hydrogen) atoms. The average Bonchev–Trinajstić information content (AvgIpc) is 2.93. The topological polar surface area (TPSA) is 71.1 Å². The zero-order valence-electron chi connectivity index (χ0n) is 12.9. The number of ether oxygens (including phenoxy) is 3. The van der Waals surface area contributed by atoms with E-state index in [1.165, 1.54) is 0 Å². The first-order valence-electron chi connectivity index (χ1n) is 7.18. The maximum Gasteiger partial charge on any atom is 0.264 e. The lowest BCUT2D eigenvalue weighted by atomic mass is 10.0. The molecule has 0 amide bonds. The van der Waals surface area contributed by atoms with Crippen LogP contribution in [0.2, 0.25) is 0 Å². The molecule has 1 aromatic carbocycles. The van der Waals surface area contributed by atoms with E-state index in [1.807, 2.05) is 24.3 Å². The molecule has 0 aromatic heterocycles. The molecule has 1 aromatic rings. The molecule has 1 heterocycles. The molecule has 1 aliphatic heterocycles. The molecule has 0 unspecified atom stereocenters. The minimum Gasteiger partial charge on any atom is -0.497 e. The third-order valence-electron chi connectivity index (χ3n) is 3.55. The second-order valence-electron chi connectivity index (χ2n) is 5.23. The van der Waals surface area contributed by atoms with Crippen molar-refractivity contribution in [2.75, 3.05) is 33.2 Å². The van der Waals surface area contributed by atoms with Crippen LogP contribution in [0.3, 0.4) is 0 Å². The molecule has 0 spiro atoms. The highest BCUT2D eigenvalue weighted by atomic mass is 32.2. The van der Waals surface area contributed by atoms with Gasteiger partial charge in [-0.25, -0.2) is 0 Å². The fourth-order valence-corrected chi connectivity index (χ4v) is 2.77. The van der Waals surface area contributed by atoms with E-state index in [4.69, 9.17) is 18.4 Å². The van der Waals surface area contributed by atoms with Crippen LogP contribution in [0.1, 0.15) is 18.4 Å². The normalized spacial score (nSPS) is 17.5. The van der Waals surface area contributed by atoms with Crippen LogP contribution in [0.5, 0.6) is 5.75 Å². The van der Waals surface area contributed by atoms with Crippen LogP contribution >= 0.6 is 0 Å². The number of benzene rings is 1. The van der Waals surface area contributed by atoms with Crippen LogP contribution in [-0.2, 0) is 30.2 Å². The van der Waals surface area contributed by atoms with Gasteiger partial charge in [-0.05, 0) is 24.1 Å². The maximum absolute atomic E-state index is 11.0. The Bertz CT molecular complexity index is 560. The van der Waals surface area contributed by atoms with E-state index in [9.17, 15) is 8.42 Å². The van der Waals surface area contributed by atoms with Crippen molar-refractivity contribution >= 4 is 10.1 Å². The Morgan fingerprint density at radius 2 is 1.77 bits per heavy atom. The van der Waals surface area contributed by atoms with Crippen LogP contribution in [0.15, 0.2) is 24.3 Å². The minimum atomic E-state index is -3.44. The van der Waals surface area contributed by atoms with Crippen molar-refractivity contribution in [2.45, 2.75) is 25.0 Å². The summed E-state index contributed by atoms with van der Waals surface area (Å²) in [6, 6.07) is 7.80. The highest BCUT2D eigenvalue weighted by molar-refractivity contribution is 7.85. The second-order valence-corrected chi connectivity index (χ2v) is 6.88. The van der Waals surface area contributed by atoms with E-state index in [0.717, 1.165) is 24.0 Å². The third-order valence-corrected chi connectivity index (χ3v) is 4.14. The van der Waals surface area contributed by atoms with Crippen LogP contribution in [-0.4, -0.2) is 47.4 Å². The van der Waals surface area contributed by atoms with Gasteiger partial charge in [-0.1, -0.05) is 12.1 Å². The van der Waals surface area contributed by atoms with Gasteiger partial charge in [-0.3, -0.25) is 4.18 Å². The molecule has 2 rings (SSSR count). The maximum atomic E-state index is 11.0. The van der Waals surface area contributed by atoms with E-state index in [1.54, 1.807) is 7.11 Å². The van der Waals surface area contributed by atoms with E-state index in [2.05, 4.69) is 0 Å². The molecule has 1 fully saturated rings. The summed E-state index contributed by atoms with van der Waals surface area (Å²) in [6.07, 6.45) is 2.83. The Morgan fingerprint density at radius 1 is 1.14 bits per heavy atom. The highest BCUT2D eigenvalue weighted by Crippen LogP contribution is 2.29. The molecule has 1 saturated heterocycles. The van der Waals surface area contributed by atoms with Crippen LogP contribution < -0.4 is 4.74 Å². The Kier molecular flexibility index (Phi) is 5.80. The van der Waals surface area contributed by atoms with E-state index in [0.29, 0.717) is 26.1 Å². The van der Waals surface area contributed by atoms with Crippen LogP contribution in [0.4, 0.5) is 0 Å². The van der Waals surface area contributed by atoms with Crippen molar-refractivity contribution in [1.29, 1.82) is 0 Å². The fraction of sp³-hybridized carbons (Fsp3) is 0.600. The van der Waals surface area contributed by atoms with Crippen molar-refractivity contribution in [2.24, 2.45) is 0 Å². The third kappa shape index (κ3) is 5.24. The number of aryl methyl sites for hydroxylation is 1. The monoisotopic (exact) mass is 330 g/mol. The summed E-state index contributed by atoms with van der Waals surface area (Å²) in [5.41, 5.74) is 1.14. The van der Waals surface area contributed by atoms with Gasteiger partial charge in [-0.2, -0.15) is 8.42 Å². The molecule has 1 aliphatic rings. The quantitative estimate of drug-likeness (QED) is 0.676. The molecule has 0 radical (unpaired) electrons. The molecule has 0 bridgehead atoms. The van der Waals surface area contributed by atoms with Gasteiger partial charge >= 0.3 is 0 Å². The van der Waals surface area contributed by atoms with Crippen molar-refractivity contribution in [1.82, 2.24) is 0 Å². The van der Waals surface area contributed by atoms with Gasteiger partial charge < -0.3 is 14.2 Å².